The first-order chi connectivity index (χ1) is 18.1. The van der Waals surface area contributed by atoms with E-state index in [2.05, 4.69) is 0 Å². The molecule has 1 fully saturated rings. The van der Waals surface area contributed by atoms with Crippen LogP contribution in [0.2, 0.25) is 0 Å². The maximum atomic E-state index is 12.5. The van der Waals surface area contributed by atoms with Crippen LogP contribution in [-0.2, 0) is 41.6 Å². The summed E-state index contributed by atoms with van der Waals surface area (Å²) >= 11 is 1.64. The minimum atomic E-state index is -0.929. The number of aliphatic hydroxyl groups is 2. The summed E-state index contributed by atoms with van der Waals surface area (Å²) in [6.07, 6.45) is 2.78. The van der Waals surface area contributed by atoms with Gasteiger partial charge in [0.05, 0.1) is 24.9 Å². The molecule has 0 bridgehead atoms. The number of hydrogen-bond acceptors (Lipinski definition) is 9. The third kappa shape index (κ3) is 11.3. The highest BCUT2D eigenvalue weighted by molar-refractivity contribution is 7.99. The van der Waals surface area contributed by atoms with Crippen molar-refractivity contribution in [3.8, 4) is 0 Å². The average molecular weight is 551 g/mol. The minimum Gasteiger partial charge on any atom is -0.460 e. The zero-order valence-electron chi connectivity index (χ0n) is 22.8. The molecular formula is C29H42O8S. The molecule has 2 rings (SSSR count). The molecule has 1 saturated carbocycles. The summed E-state index contributed by atoms with van der Waals surface area (Å²) in [6.45, 7) is 5.47. The van der Waals surface area contributed by atoms with Gasteiger partial charge in [0.1, 0.15) is 5.78 Å². The van der Waals surface area contributed by atoms with E-state index in [-0.39, 0.29) is 36.6 Å². The highest BCUT2D eigenvalue weighted by Crippen LogP contribution is 2.34. The number of carbonyl (C=O) groups excluding carboxylic acids is 3. The van der Waals surface area contributed by atoms with E-state index < -0.39 is 30.3 Å². The number of rotatable bonds is 16. The van der Waals surface area contributed by atoms with Gasteiger partial charge >= 0.3 is 11.9 Å². The largest absolute Gasteiger partial charge is 0.460 e. The van der Waals surface area contributed by atoms with E-state index in [4.69, 9.17) is 14.2 Å². The summed E-state index contributed by atoms with van der Waals surface area (Å²) in [6, 6.07) is 7.85. The van der Waals surface area contributed by atoms with Gasteiger partial charge in [-0.2, -0.15) is 11.8 Å². The van der Waals surface area contributed by atoms with Gasteiger partial charge in [-0.3, -0.25) is 9.59 Å². The maximum Gasteiger partial charge on any atom is 0.347 e. The van der Waals surface area contributed by atoms with Crippen molar-refractivity contribution in [2.75, 3.05) is 18.6 Å². The molecule has 2 N–H and O–H groups in total. The lowest BCUT2D eigenvalue weighted by molar-refractivity contribution is -0.169. The van der Waals surface area contributed by atoms with Crippen LogP contribution in [0.1, 0.15) is 57.6 Å². The number of esters is 2. The lowest BCUT2D eigenvalue weighted by atomic mass is 9.91. The molecule has 0 aliphatic heterocycles. The van der Waals surface area contributed by atoms with Gasteiger partial charge < -0.3 is 24.4 Å². The van der Waals surface area contributed by atoms with Crippen molar-refractivity contribution in [1.29, 1.82) is 0 Å². The molecule has 0 heterocycles. The fraction of sp³-hybridized carbons (Fsp3) is 0.621. The number of aliphatic hydroxyl groups excluding tert-OH is 2. The van der Waals surface area contributed by atoms with Gasteiger partial charge in [0.2, 0.25) is 0 Å². The normalized spacial score (nSPS) is 21.1. The number of methoxy groups -OCH3 is 1. The third-order valence-corrected chi connectivity index (χ3v) is 7.37. The molecule has 212 valence electrons. The molecule has 0 aromatic heterocycles. The monoisotopic (exact) mass is 550 g/mol. The molecule has 0 amide bonds. The summed E-state index contributed by atoms with van der Waals surface area (Å²) in [5, 5.41) is 20.9. The molecule has 1 unspecified atom stereocenters. The van der Waals surface area contributed by atoms with Gasteiger partial charge in [0.25, 0.3) is 0 Å². The molecule has 0 saturated heterocycles. The van der Waals surface area contributed by atoms with Crippen LogP contribution in [0, 0.1) is 11.8 Å². The number of hydrogen-bond donors (Lipinski definition) is 2. The lowest BCUT2D eigenvalue weighted by Gasteiger charge is -2.18. The number of ether oxygens (including phenoxy) is 3. The Hall–Kier alpha value is -2.20. The van der Waals surface area contributed by atoms with E-state index in [9.17, 15) is 24.6 Å². The fourth-order valence-corrected chi connectivity index (χ4v) is 5.41. The smallest absolute Gasteiger partial charge is 0.347 e. The number of ketones is 1. The molecule has 0 spiro atoms. The van der Waals surface area contributed by atoms with Gasteiger partial charge in [0, 0.05) is 38.2 Å². The van der Waals surface area contributed by atoms with Gasteiger partial charge in [-0.25, -0.2) is 4.79 Å². The number of carbonyl (C=O) groups is 3. The van der Waals surface area contributed by atoms with Crippen molar-refractivity contribution >= 4 is 29.5 Å². The molecule has 1 aliphatic rings. The molecule has 38 heavy (non-hydrogen) atoms. The molecule has 1 aromatic rings. The fourth-order valence-electron chi connectivity index (χ4n) is 4.43. The molecule has 1 aromatic carbocycles. The Morgan fingerprint density at radius 1 is 1.16 bits per heavy atom. The van der Waals surface area contributed by atoms with Crippen LogP contribution in [-0.4, -0.2) is 71.0 Å². The van der Waals surface area contributed by atoms with Gasteiger partial charge in [-0.05, 0) is 56.2 Å². The molecule has 1 aliphatic carbocycles. The Kier molecular flexibility index (Phi) is 14.1. The maximum absolute atomic E-state index is 12.5. The van der Waals surface area contributed by atoms with Crippen LogP contribution in [0.25, 0.3) is 0 Å². The van der Waals surface area contributed by atoms with Gasteiger partial charge in [-0.1, -0.05) is 36.4 Å². The Morgan fingerprint density at radius 3 is 2.61 bits per heavy atom. The second-order valence-corrected chi connectivity index (χ2v) is 11.2. The molecule has 9 heteroatoms. The van der Waals surface area contributed by atoms with E-state index in [0.717, 1.165) is 11.1 Å². The van der Waals surface area contributed by atoms with E-state index in [1.807, 2.05) is 24.3 Å². The first-order valence-corrected chi connectivity index (χ1v) is 14.4. The topological polar surface area (TPSA) is 119 Å². The second kappa shape index (κ2) is 16.7. The summed E-state index contributed by atoms with van der Waals surface area (Å²) in [5.41, 5.74) is 2.02. The first-order valence-electron chi connectivity index (χ1n) is 13.2. The highest BCUT2D eigenvalue weighted by atomic mass is 32.2. The Balaban J connectivity index is 1.73. The molecular weight excluding hydrogens is 508 g/mol. The summed E-state index contributed by atoms with van der Waals surface area (Å²) in [7, 11) is 1.64. The highest BCUT2D eigenvalue weighted by Gasteiger charge is 2.39. The Labute approximate surface area is 230 Å². The molecule has 8 nitrogen and oxygen atoms in total. The van der Waals surface area contributed by atoms with Gasteiger partial charge in [-0.15, -0.1) is 0 Å². The van der Waals surface area contributed by atoms with E-state index in [1.165, 1.54) is 6.92 Å². The van der Waals surface area contributed by atoms with Crippen molar-refractivity contribution in [3.63, 3.8) is 0 Å². The summed E-state index contributed by atoms with van der Waals surface area (Å²) < 4.78 is 15.3. The Bertz CT molecular complexity index is 931. The Morgan fingerprint density at radius 2 is 1.89 bits per heavy atom. The van der Waals surface area contributed by atoms with Crippen molar-refractivity contribution in [1.82, 2.24) is 0 Å². The third-order valence-electron chi connectivity index (χ3n) is 6.27. The van der Waals surface area contributed by atoms with E-state index >= 15 is 0 Å². The number of benzene rings is 1. The van der Waals surface area contributed by atoms with E-state index in [0.29, 0.717) is 37.4 Å². The predicted octanol–water partition coefficient (Wildman–Crippen LogP) is 3.65. The van der Waals surface area contributed by atoms with Crippen LogP contribution < -0.4 is 0 Å². The standard InChI is InChI=1S/C29H42O8S/c1-19(2)36-29(34)20(3)37-28(33)9-6-13-38-14-12-25-24(26(31)17-27(25)32)11-10-23(30)16-21-7-5-8-22(15-21)18-35-4/h5,7-8,10-11,15,19-20,23-26,30-31H,6,9,12-14,16-18H2,1-4H3/b11-10+/t20?,23-,24+,25-,26-/m1/s1. The van der Waals surface area contributed by atoms with Crippen LogP contribution in [0.4, 0.5) is 0 Å². The predicted molar refractivity (Wildman–Crippen MR) is 147 cm³/mol. The minimum absolute atomic E-state index is 0.0420. The SMILES string of the molecule is COCc1cccc(C[C@H](O)/C=C/[C@@H]2[C@H](O)CC(=O)[C@@H]2CCSCCCC(=O)OC(C)C(=O)OC(C)C)c1. The zero-order chi connectivity index (χ0) is 28.1. The number of thioether (sulfide) groups is 1. The quantitative estimate of drug-likeness (QED) is 0.181. The van der Waals surface area contributed by atoms with Crippen molar-refractivity contribution in [2.24, 2.45) is 11.8 Å². The van der Waals surface area contributed by atoms with Crippen LogP contribution in [0.3, 0.4) is 0 Å². The van der Waals surface area contributed by atoms with Gasteiger partial charge in [0.15, 0.2) is 6.10 Å². The molecule has 5 atom stereocenters. The second-order valence-electron chi connectivity index (χ2n) is 9.95. The van der Waals surface area contributed by atoms with Crippen LogP contribution >= 0.6 is 11.8 Å². The lowest BCUT2D eigenvalue weighted by Crippen LogP contribution is -2.28. The van der Waals surface area contributed by atoms with E-state index in [1.54, 1.807) is 44.9 Å². The first kappa shape index (κ1) is 32.0. The summed E-state index contributed by atoms with van der Waals surface area (Å²) in [4.78, 5) is 36.2. The van der Waals surface area contributed by atoms with Crippen molar-refractivity contribution in [2.45, 2.75) is 83.9 Å². The van der Waals surface area contributed by atoms with Crippen molar-refractivity contribution < 1.29 is 38.8 Å². The average Bonchev–Trinajstić information content (AvgIpc) is 3.11. The zero-order valence-corrected chi connectivity index (χ0v) is 23.7. The van der Waals surface area contributed by atoms with Crippen LogP contribution in [0.5, 0.6) is 0 Å². The summed E-state index contributed by atoms with van der Waals surface area (Å²) in [5.74, 6) is -0.136. The molecule has 0 radical (unpaired) electrons. The number of Topliss-reactive ketones (excluding diaryl/α,β-unsaturated/α-hetero) is 1. The van der Waals surface area contributed by atoms with Crippen molar-refractivity contribution in [3.05, 3.63) is 47.5 Å². The van der Waals surface area contributed by atoms with Crippen LogP contribution in [0.15, 0.2) is 36.4 Å².